The fourth-order valence-corrected chi connectivity index (χ4v) is 4.10. The van der Waals surface area contributed by atoms with E-state index < -0.39 is 0 Å². The van der Waals surface area contributed by atoms with Gasteiger partial charge in [-0.3, -0.25) is 4.79 Å². The average Bonchev–Trinajstić information content (AvgIpc) is 3.50. The summed E-state index contributed by atoms with van der Waals surface area (Å²) in [5.41, 5.74) is 3.39. The molecule has 33 heavy (non-hydrogen) atoms. The summed E-state index contributed by atoms with van der Waals surface area (Å²) in [6.07, 6.45) is 1.63. The molecular formula is C25H23N3O4S. The number of ether oxygens (including phenoxy) is 2. The van der Waals surface area contributed by atoms with Gasteiger partial charge in [-0.2, -0.15) is 0 Å². The van der Waals surface area contributed by atoms with Crippen molar-refractivity contribution < 1.29 is 13.9 Å². The van der Waals surface area contributed by atoms with Crippen molar-refractivity contribution in [1.82, 2.24) is 15.2 Å². The molecule has 0 atom stereocenters. The van der Waals surface area contributed by atoms with Crippen LogP contribution in [0.25, 0.3) is 10.9 Å². The Morgan fingerprint density at radius 3 is 2.82 bits per heavy atom. The number of hydrogen-bond donors (Lipinski definition) is 2. The van der Waals surface area contributed by atoms with Gasteiger partial charge in [-0.15, -0.1) is 0 Å². The largest absolute Gasteiger partial charge is 0.467 e. The van der Waals surface area contributed by atoms with Crippen molar-refractivity contribution >= 4 is 28.2 Å². The number of nitrogens with one attached hydrogen (secondary N) is 2. The first-order valence-electron chi connectivity index (χ1n) is 10.6. The zero-order chi connectivity index (χ0) is 22.8. The Bertz CT molecular complexity index is 1360. The van der Waals surface area contributed by atoms with Crippen molar-refractivity contribution in [2.45, 2.75) is 26.6 Å². The number of thiocarbonyl (C=S) groups is 1. The first-order chi connectivity index (χ1) is 16.1. The van der Waals surface area contributed by atoms with Gasteiger partial charge >= 0.3 is 0 Å². The van der Waals surface area contributed by atoms with E-state index in [2.05, 4.69) is 10.3 Å². The Hall–Kier alpha value is -3.78. The van der Waals surface area contributed by atoms with E-state index in [-0.39, 0.29) is 12.4 Å². The molecule has 0 saturated heterocycles. The smallest absolute Gasteiger partial charge is 0.253 e. The Labute approximate surface area is 195 Å². The molecule has 1 aliphatic rings. The number of rotatable bonds is 6. The second-order valence-electron chi connectivity index (χ2n) is 7.94. The van der Waals surface area contributed by atoms with Crippen LogP contribution in [0.3, 0.4) is 0 Å². The third kappa shape index (κ3) is 4.56. The molecule has 0 spiro atoms. The fourth-order valence-electron chi connectivity index (χ4n) is 3.90. The highest BCUT2D eigenvalue weighted by Gasteiger charge is 2.18. The lowest BCUT2D eigenvalue weighted by molar-refractivity contribution is 0.174. The number of aromatic nitrogens is 1. The predicted molar refractivity (Wildman–Crippen MR) is 129 cm³/mol. The highest BCUT2D eigenvalue weighted by Crippen LogP contribution is 2.33. The monoisotopic (exact) mass is 461 g/mol. The number of hydrogen-bond acceptors (Lipinski definition) is 5. The SMILES string of the molecule is Cc1cccc2cc(CN(Cc3ccc4c(c3)OCO4)C(=S)NCc3ccco3)c(=O)[nH]c12. The van der Waals surface area contributed by atoms with Crippen LogP contribution in [0.5, 0.6) is 11.5 Å². The number of benzene rings is 2. The van der Waals surface area contributed by atoms with Crippen molar-refractivity contribution in [3.05, 3.63) is 93.7 Å². The summed E-state index contributed by atoms with van der Waals surface area (Å²) in [6, 6.07) is 17.4. The van der Waals surface area contributed by atoms with Gasteiger partial charge in [0.05, 0.1) is 24.9 Å². The maximum absolute atomic E-state index is 12.9. The summed E-state index contributed by atoms with van der Waals surface area (Å²) in [5, 5.41) is 4.75. The van der Waals surface area contributed by atoms with E-state index in [1.807, 2.05) is 66.4 Å². The maximum Gasteiger partial charge on any atom is 0.253 e. The summed E-state index contributed by atoms with van der Waals surface area (Å²) in [4.78, 5) is 17.9. The number of aryl methyl sites for hydroxylation is 1. The molecule has 0 unspecified atom stereocenters. The van der Waals surface area contributed by atoms with Crippen LogP contribution in [-0.2, 0) is 19.6 Å². The van der Waals surface area contributed by atoms with Gasteiger partial charge in [-0.25, -0.2) is 0 Å². The van der Waals surface area contributed by atoms with Crippen LogP contribution < -0.4 is 20.3 Å². The maximum atomic E-state index is 12.9. The van der Waals surface area contributed by atoms with Gasteiger partial charge in [0.25, 0.3) is 5.56 Å². The van der Waals surface area contributed by atoms with Gasteiger partial charge in [0.15, 0.2) is 16.6 Å². The van der Waals surface area contributed by atoms with E-state index in [9.17, 15) is 4.79 Å². The molecule has 4 aromatic rings. The number of furan rings is 1. The number of aromatic amines is 1. The fraction of sp³-hybridized carbons (Fsp3) is 0.200. The molecule has 168 valence electrons. The molecule has 2 aromatic carbocycles. The summed E-state index contributed by atoms with van der Waals surface area (Å²) in [6.45, 7) is 3.50. The summed E-state index contributed by atoms with van der Waals surface area (Å²) >= 11 is 5.71. The first kappa shape index (κ1) is 21.1. The third-order valence-corrected chi connectivity index (χ3v) is 6.02. The molecule has 0 fully saturated rings. The van der Waals surface area contributed by atoms with Gasteiger partial charge in [0.2, 0.25) is 6.79 Å². The molecule has 3 heterocycles. The third-order valence-electron chi connectivity index (χ3n) is 5.62. The van der Waals surface area contributed by atoms with E-state index in [0.717, 1.165) is 33.5 Å². The van der Waals surface area contributed by atoms with Gasteiger partial charge < -0.3 is 29.1 Å². The Kier molecular flexibility index (Phi) is 5.75. The van der Waals surface area contributed by atoms with Crippen molar-refractivity contribution in [1.29, 1.82) is 0 Å². The lowest BCUT2D eigenvalue weighted by atomic mass is 10.1. The lowest BCUT2D eigenvalue weighted by Gasteiger charge is -2.26. The molecule has 7 nitrogen and oxygen atoms in total. The van der Waals surface area contributed by atoms with Crippen molar-refractivity contribution in [3.8, 4) is 11.5 Å². The highest BCUT2D eigenvalue weighted by atomic mass is 32.1. The number of para-hydroxylation sites is 1. The van der Waals surface area contributed by atoms with Crippen molar-refractivity contribution in [2.75, 3.05) is 6.79 Å². The Morgan fingerprint density at radius 1 is 1.09 bits per heavy atom. The van der Waals surface area contributed by atoms with Crippen LogP contribution in [-0.4, -0.2) is 21.8 Å². The molecule has 0 amide bonds. The van der Waals surface area contributed by atoms with E-state index in [1.54, 1.807) is 6.26 Å². The van der Waals surface area contributed by atoms with Gasteiger partial charge in [0, 0.05) is 12.1 Å². The molecule has 5 rings (SSSR count). The van der Waals surface area contributed by atoms with E-state index >= 15 is 0 Å². The molecule has 0 aliphatic carbocycles. The molecule has 0 saturated carbocycles. The average molecular weight is 462 g/mol. The molecule has 0 bridgehead atoms. The number of pyridine rings is 1. The Morgan fingerprint density at radius 2 is 1.97 bits per heavy atom. The second kappa shape index (κ2) is 8.99. The van der Waals surface area contributed by atoms with Crippen molar-refractivity contribution in [2.24, 2.45) is 0 Å². The topological polar surface area (TPSA) is 79.7 Å². The van der Waals surface area contributed by atoms with Gasteiger partial charge in [0.1, 0.15) is 5.76 Å². The van der Waals surface area contributed by atoms with Crippen LogP contribution in [0.15, 0.2) is 70.1 Å². The highest BCUT2D eigenvalue weighted by molar-refractivity contribution is 7.80. The van der Waals surface area contributed by atoms with Crippen LogP contribution in [0.1, 0.15) is 22.5 Å². The molecule has 1 aliphatic heterocycles. The normalized spacial score (nSPS) is 12.2. The number of H-pyrrole nitrogens is 1. The molecule has 2 N–H and O–H groups in total. The summed E-state index contributed by atoms with van der Waals surface area (Å²) < 4.78 is 16.3. The first-order valence-corrected chi connectivity index (χ1v) is 11.0. The van der Waals surface area contributed by atoms with Gasteiger partial charge in [-0.05, 0) is 66.0 Å². The summed E-state index contributed by atoms with van der Waals surface area (Å²) in [5.74, 6) is 2.21. The van der Waals surface area contributed by atoms with E-state index in [0.29, 0.717) is 36.1 Å². The number of nitrogens with zero attached hydrogens (tertiary/aromatic N) is 1. The minimum atomic E-state index is -0.124. The molecule has 8 heteroatoms. The zero-order valence-corrected chi connectivity index (χ0v) is 18.9. The van der Waals surface area contributed by atoms with Crippen LogP contribution >= 0.6 is 12.2 Å². The lowest BCUT2D eigenvalue weighted by Crippen LogP contribution is -2.39. The standard InChI is InChI=1S/C25H23N3O4S/c1-16-4-2-5-18-11-19(24(29)27-23(16)18)14-28(25(33)26-12-20-6-3-9-30-20)13-17-7-8-21-22(10-17)32-15-31-21/h2-11H,12-15H2,1H3,(H,26,33)(H,27,29). The zero-order valence-electron chi connectivity index (χ0n) is 18.1. The Balaban J connectivity index is 1.42. The van der Waals surface area contributed by atoms with Crippen LogP contribution in [0.4, 0.5) is 0 Å². The van der Waals surface area contributed by atoms with Crippen molar-refractivity contribution in [3.63, 3.8) is 0 Å². The van der Waals surface area contributed by atoms with Crippen LogP contribution in [0, 0.1) is 6.92 Å². The van der Waals surface area contributed by atoms with Gasteiger partial charge in [-0.1, -0.05) is 24.3 Å². The second-order valence-corrected chi connectivity index (χ2v) is 8.33. The molecule has 2 aromatic heterocycles. The quantitative estimate of drug-likeness (QED) is 0.416. The minimum Gasteiger partial charge on any atom is -0.467 e. The molecule has 0 radical (unpaired) electrons. The predicted octanol–water partition coefficient (Wildman–Crippen LogP) is 4.24. The van der Waals surface area contributed by atoms with E-state index in [4.69, 9.17) is 26.1 Å². The minimum absolute atomic E-state index is 0.124. The summed E-state index contributed by atoms with van der Waals surface area (Å²) in [7, 11) is 0. The van der Waals surface area contributed by atoms with E-state index in [1.165, 1.54) is 0 Å². The van der Waals surface area contributed by atoms with Crippen LogP contribution in [0.2, 0.25) is 0 Å². The number of fused-ring (bicyclic) bond motifs is 2. The molecular weight excluding hydrogens is 438 g/mol.